The molecule has 0 aliphatic heterocycles. The van der Waals surface area contributed by atoms with Gasteiger partial charge in [-0.05, 0) is 72.5 Å². The SMILES string of the molecule is CC[C@H](Nc1cc(F)c(S(=O)(=O)N(Cc2ccc(OC)cc2C)c2ccncn2)c(F)c1)c1cc(F)ccc1Cl. The second kappa shape index (κ2) is 12.1. The second-order valence-electron chi connectivity index (χ2n) is 8.91. The first kappa shape index (κ1) is 29.2. The number of sulfonamides is 1. The van der Waals surface area contributed by atoms with E-state index in [0.717, 1.165) is 22.8 Å². The number of nitrogens with one attached hydrogen (secondary N) is 1. The summed E-state index contributed by atoms with van der Waals surface area (Å²) in [5.41, 5.74) is 1.63. The van der Waals surface area contributed by atoms with Crippen molar-refractivity contribution in [2.24, 2.45) is 0 Å². The van der Waals surface area contributed by atoms with Crippen molar-refractivity contribution in [3.8, 4) is 5.75 Å². The van der Waals surface area contributed by atoms with Crippen LogP contribution in [0.2, 0.25) is 5.02 Å². The molecule has 210 valence electrons. The Hall–Kier alpha value is -3.83. The monoisotopic (exact) mass is 590 g/mol. The lowest BCUT2D eigenvalue weighted by Gasteiger charge is -2.25. The summed E-state index contributed by atoms with van der Waals surface area (Å²) in [6, 6.07) is 11.4. The van der Waals surface area contributed by atoms with Crippen LogP contribution in [0, 0.1) is 24.4 Å². The van der Waals surface area contributed by atoms with Crippen molar-refractivity contribution in [2.75, 3.05) is 16.7 Å². The fraction of sp³-hybridized carbons (Fsp3) is 0.214. The van der Waals surface area contributed by atoms with Gasteiger partial charge in [0.25, 0.3) is 10.0 Å². The molecular formula is C28H26ClF3N4O3S. The first-order chi connectivity index (χ1) is 19.0. The Morgan fingerprint density at radius 1 is 1.05 bits per heavy atom. The molecule has 0 unspecified atom stereocenters. The van der Waals surface area contributed by atoms with Gasteiger partial charge in [0, 0.05) is 23.0 Å². The molecule has 1 atom stereocenters. The van der Waals surface area contributed by atoms with Crippen LogP contribution in [0.5, 0.6) is 5.75 Å². The van der Waals surface area contributed by atoms with Crippen molar-refractivity contribution < 1.29 is 26.3 Å². The molecule has 3 aromatic carbocycles. The van der Waals surface area contributed by atoms with Gasteiger partial charge in [0.15, 0.2) is 4.90 Å². The normalized spacial score (nSPS) is 12.2. The third kappa shape index (κ3) is 6.15. The van der Waals surface area contributed by atoms with Crippen LogP contribution in [0.25, 0.3) is 0 Å². The van der Waals surface area contributed by atoms with Crippen LogP contribution in [-0.2, 0) is 16.6 Å². The van der Waals surface area contributed by atoms with Gasteiger partial charge in [-0.2, -0.15) is 0 Å². The Morgan fingerprint density at radius 3 is 2.38 bits per heavy atom. The molecule has 0 saturated heterocycles. The lowest BCUT2D eigenvalue weighted by Crippen LogP contribution is -2.33. The number of anilines is 2. The molecule has 0 bridgehead atoms. The van der Waals surface area contributed by atoms with E-state index in [1.165, 1.54) is 37.6 Å². The molecule has 1 heterocycles. The Kier molecular flexibility index (Phi) is 8.85. The highest BCUT2D eigenvalue weighted by molar-refractivity contribution is 7.92. The summed E-state index contributed by atoms with van der Waals surface area (Å²) >= 11 is 6.21. The maximum atomic E-state index is 15.5. The van der Waals surface area contributed by atoms with Crippen LogP contribution < -0.4 is 14.4 Å². The summed E-state index contributed by atoms with van der Waals surface area (Å²) in [7, 11) is -3.29. The van der Waals surface area contributed by atoms with Gasteiger partial charge in [-0.25, -0.2) is 35.9 Å². The molecular weight excluding hydrogens is 565 g/mol. The van der Waals surface area contributed by atoms with Crippen LogP contribution >= 0.6 is 11.6 Å². The van der Waals surface area contributed by atoms with E-state index < -0.39 is 38.4 Å². The summed E-state index contributed by atoms with van der Waals surface area (Å²) in [5, 5.41) is 3.19. The Bertz CT molecular complexity index is 1600. The first-order valence-corrected chi connectivity index (χ1v) is 14.0. The largest absolute Gasteiger partial charge is 0.497 e. The van der Waals surface area contributed by atoms with E-state index in [-0.39, 0.29) is 23.1 Å². The molecule has 0 saturated carbocycles. The number of nitrogens with zero attached hydrogens (tertiary/aromatic N) is 3. The van der Waals surface area contributed by atoms with Gasteiger partial charge in [-0.3, -0.25) is 0 Å². The maximum absolute atomic E-state index is 15.5. The Balaban J connectivity index is 1.73. The summed E-state index contributed by atoms with van der Waals surface area (Å²) in [6.07, 6.45) is 2.87. The predicted octanol–water partition coefficient (Wildman–Crippen LogP) is 6.82. The molecule has 0 aliphatic rings. The standard InChI is InChI=1S/C28H26ClF3N4O3S/c1-4-26(22-12-19(30)6-8-23(22)29)35-20-13-24(31)28(25(32)14-20)40(37,38)36(27-9-10-33-16-34-27)15-18-5-7-21(39-3)11-17(18)2/h5-14,16,26,35H,4,15H2,1-3H3/t26-/m0/s1. The highest BCUT2D eigenvalue weighted by Crippen LogP contribution is 2.34. The highest BCUT2D eigenvalue weighted by atomic mass is 35.5. The molecule has 0 aliphatic carbocycles. The minimum atomic E-state index is -4.80. The lowest BCUT2D eigenvalue weighted by atomic mass is 10.0. The molecule has 7 nitrogen and oxygen atoms in total. The van der Waals surface area contributed by atoms with Gasteiger partial charge in [-0.15, -0.1) is 0 Å². The van der Waals surface area contributed by atoms with Gasteiger partial charge in [0.2, 0.25) is 0 Å². The number of aryl methyl sites for hydroxylation is 1. The van der Waals surface area contributed by atoms with Gasteiger partial charge in [-0.1, -0.05) is 24.6 Å². The Labute approximate surface area is 235 Å². The number of hydrogen-bond donors (Lipinski definition) is 1. The number of hydrogen-bond acceptors (Lipinski definition) is 6. The zero-order valence-electron chi connectivity index (χ0n) is 21.8. The maximum Gasteiger partial charge on any atom is 0.271 e. The molecule has 4 aromatic rings. The van der Waals surface area contributed by atoms with E-state index in [2.05, 4.69) is 15.3 Å². The minimum Gasteiger partial charge on any atom is -0.497 e. The van der Waals surface area contributed by atoms with E-state index >= 15 is 8.78 Å². The quantitative estimate of drug-likeness (QED) is 0.218. The molecule has 0 spiro atoms. The number of ether oxygens (including phenoxy) is 1. The van der Waals surface area contributed by atoms with Crippen molar-refractivity contribution in [1.29, 1.82) is 0 Å². The highest BCUT2D eigenvalue weighted by Gasteiger charge is 2.33. The average Bonchev–Trinajstić information content (AvgIpc) is 2.92. The fourth-order valence-electron chi connectivity index (χ4n) is 4.23. The molecule has 0 amide bonds. The van der Waals surface area contributed by atoms with Crippen LogP contribution in [0.15, 0.2) is 72.0 Å². The molecule has 1 aromatic heterocycles. The topological polar surface area (TPSA) is 84.4 Å². The van der Waals surface area contributed by atoms with Crippen molar-refractivity contribution in [1.82, 2.24) is 9.97 Å². The summed E-state index contributed by atoms with van der Waals surface area (Å²) in [6.45, 7) is 3.29. The minimum absolute atomic E-state index is 0.0410. The van der Waals surface area contributed by atoms with E-state index in [4.69, 9.17) is 16.3 Å². The molecule has 0 radical (unpaired) electrons. The van der Waals surface area contributed by atoms with Gasteiger partial charge in [0.1, 0.15) is 35.3 Å². The first-order valence-electron chi connectivity index (χ1n) is 12.2. The molecule has 40 heavy (non-hydrogen) atoms. The van der Waals surface area contributed by atoms with Crippen LogP contribution in [0.4, 0.5) is 24.7 Å². The number of aromatic nitrogens is 2. The van der Waals surface area contributed by atoms with Crippen molar-refractivity contribution in [2.45, 2.75) is 37.8 Å². The number of halogens is 4. The van der Waals surface area contributed by atoms with Crippen molar-refractivity contribution in [3.63, 3.8) is 0 Å². The third-order valence-electron chi connectivity index (χ3n) is 6.31. The smallest absolute Gasteiger partial charge is 0.271 e. The zero-order valence-corrected chi connectivity index (χ0v) is 23.4. The second-order valence-corrected chi connectivity index (χ2v) is 11.1. The third-order valence-corrected chi connectivity index (χ3v) is 8.46. The van der Waals surface area contributed by atoms with E-state index in [1.807, 2.05) is 0 Å². The van der Waals surface area contributed by atoms with E-state index in [9.17, 15) is 12.8 Å². The van der Waals surface area contributed by atoms with E-state index in [1.54, 1.807) is 32.0 Å². The summed E-state index contributed by atoms with van der Waals surface area (Å²) in [5.74, 6) is -2.64. The van der Waals surface area contributed by atoms with Gasteiger partial charge in [0.05, 0.1) is 19.7 Å². The number of benzene rings is 3. The summed E-state index contributed by atoms with van der Waals surface area (Å²) < 4.78 is 78.4. The van der Waals surface area contributed by atoms with Crippen LogP contribution in [0.3, 0.4) is 0 Å². The molecule has 12 heteroatoms. The zero-order chi connectivity index (χ0) is 29.0. The van der Waals surface area contributed by atoms with Gasteiger partial charge < -0.3 is 10.1 Å². The van der Waals surface area contributed by atoms with Crippen molar-refractivity contribution >= 4 is 33.1 Å². The van der Waals surface area contributed by atoms with Gasteiger partial charge >= 0.3 is 0 Å². The lowest BCUT2D eigenvalue weighted by molar-refractivity contribution is 0.414. The average molecular weight is 591 g/mol. The fourth-order valence-corrected chi connectivity index (χ4v) is 5.97. The number of rotatable bonds is 10. The molecule has 1 N–H and O–H groups in total. The Morgan fingerprint density at radius 2 is 1.77 bits per heavy atom. The number of methoxy groups -OCH3 is 1. The van der Waals surface area contributed by atoms with Crippen LogP contribution in [-0.4, -0.2) is 25.5 Å². The van der Waals surface area contributed by atoms with Crippen LogP contribution in [0.1, 0.15) is 36.1 Å². The molecule has 0 fully saturated rings. The van der Waals surface area contributed by atoms with Crippen molar-refractivity contribution in [3.05, 3.63) is 106 Å². The molecule has 4 rings (SSSR count). The predicted molar refractivity (Wildman–Crippen MR) is 148 cm³/mol. The summed E-state index contributed by atoms with van der Waals surface area (Å²) in [4.78, 5) is 6.69. The van der Waals surface area contributed by atoms with E-state index in [0.29, 0.717) is 28.9 Å².